The summed E-state index contributed by atoms with van der Waals surface area (Å²) >= 11 is 0. The van der Waals surface area contributed by atoms with Crippen molar-refractivity contribution >= 4 is 33.5 Å². The van der Waals surface area contributed by atoms with Gasteiger partial charge in [-0.3, -0.25) is 9.59 Å². The van der Waals surface area contributed by atoms with Crippen LogP contribution in [0.4, 0.5) is 5.69 Å². The molecule has 4 heteroatoms. The van der Waals surface area contributed by atoms with Crippen molar-refractivity contribution < 1.29 is 9.21 Å². The second kappa shape index (κ2) is 6.15. The Bertz CT molecular complexity index is 1210. The monoisotopic (exact) mass is 343 g/mol. The van der Waals surface area contributed by atoms with Crippen molar-refractivity contribution in [1.29, 1.82) is 0 Å². The Morgan fingerprint density at radius 1 is 0.846 bits per heavy atom. The number of carbonyl (C=O) groups excluding carboxylic acids is 1. The van der Waals surface area contributed by atoms with Crippen LogP contribution in [0.1, 0.15) is 21.5 Å². The van der Waals surface area contributed by atoms with Gasteiger partial charge in [0.1, 0.15) is 11.2 Å². The number of carbonyl (C=O) groups is 1. The molecule has 0 saturated heterocycles. The second-order valence-corrected chi connectivity index (χ2v) is 6.39. The summed E-state index contributed by atoms with van der Waals surface area (Å²) in [5.74, 6) is -0.209. The van der Waals surface area contributed by atoms with E-state index in [-0.39, 0.29) is 11.3 Å². The van der Waals surface area contributed by atoms with E-state index in [0.29, 0.717) is 33.2 Å². The Kier molecular flexibility index (Phi) is 3.81. The van der Waals surface area contributed by atoms with Crippen LogP contribution in [0.15, 0.2) is 69.9 Å². The number of rotatable bonds is 2. The zero-order chi connectivity index (χ0) is 18.3. The molecule has 1 heterocycles. The van der Waals surface area contributed by atoms with Gasteiger partial charge in [-0.25, -0.2) is 0 Å². The smallest absolute Gasteiger partial charge is 0.255 e. The van der Waals surface area contributed by atoms with E-state index >= 15 is 0 Å². The standard InChI is InChI=1S/C22H17NO3/c1-13-10-18-19(11-14(13)2)26-20-12-16(8-9-17(20)21(18)24)23-22(25)15-6-4-3-5-7-15/h3-12H,1-2H3,(H,23,25). The molecule has 0 fully saturated rings. The van der Waals surface area contributed by atoms with Crippen LogP contribution < -0.4 is 10.7 Å². The average Bonchev–Trinajstić information content (AvgIpc) is 2.64. The van der Waals surface area contributed by atoms with E-state index in [0.717, 1.165) is 11.1 Å². The van der Waals surface area contributed by atoms with Crippen molar-refractivity contribution in [2.45, 2.75) is 13.8 Å². The minimum absolute atomic E-state index is 0.0646. The molecule has 0 aliphatic carbocycles. The normalized spacial score (nSPS) is 11.0. The number of hydrogen-bond donors (Lipinski definition) is 1. The molecule has 1 N–H and O–H groups in total. The van der Waals surface area contributed by atoms with Crippen LogP contribution >= 0.6 is 0 Å². The van der Waals surface area contributed by atoms with Gasteiger partial charge in [-0.2, -0.15) is 0 Å². The average molecular weight is 343 g/mol. The third-order valence-corrected chi connectivity index (χ3v) is 4.58. The molecule has 1 amide bonds. The summed E-state index contributed by atoms with van der Waals surface area (Å²) in [5, 5.41) is 3.91. The Balaban J connectivity index is 1.80. The van der Waals surface area contributed by atoms with Crippen LogP contribution in [0.5, 0.6) is 0 Å². The lowest BCUT2D eigenvalue weighted by Gasteiger charge is -2.08. The predicted octanol–water partition coefficient (Wildman–Crippen LogP) is 4.82. The Morgan fingerprint density at radius 2 is 1.54 bits per heavy atom. The van der Waals surface area contributed by atoms with Gasteiger partial charge in [0.2, 0.25) is 5.43 Å². The van der Waals surface area contributed by atoms with Gasteiger partial charge in [0.15, 0.2) is 0 Å². The first-order valence-corrected chi connectivity index (χ1v) is 8.37. The number of amides is 1. The van der Waals surface area contributed by atoms with Crippen molar-refractivity contribution in [2.75, 3.05) is 5.32 Å². The van der Waals surface area contributed by atoms with E-state index in [4.69, 9.17) is 4.42 Å². The van der Waals surface area contributed by atoms with E-state index < -0.39 is 0 Å². The van der Waals surface area contributed by atoms with E-state index in [1.54, 1.807) is 30.3 Å². The van der Waals surface area contributed by atoms with Gasteiger partial charge in [0.05, 0.1) is 10.8 Å². The van der Waals surface area contributed by atoms with Gasteiger partial charge in [-0.15, -0.1) is 0 Å². The molecule has 3 aromatic carbocycles. The molecule has 0 spiro atoms. The molecule has 1 aromatic heterocycles. The Hall–Kier alpha value is -3.40. The van der Waals surface area contributed by atoms with Crippen molar-refractivity contribution in [2.24, 2.45) is 0 Å². The number of anilines is 1. The summed E-state index contributed by atoms with van der Waals surface area (Å²) in [7, 11) is 0. The van der Waals surface area contributed by atoms with Crippen molar-refractivity contribution in [3.8, 4) is 0 Å². The van der Waals surface area contributed by atoms with E-state index in [1.165, 1.54) is 0 Å². The minimum atomic E-state index is -0.209. The molecule has 0 aliphatic heterocycles. The van der Waals surface area contributed by atoms with Crippen LogP contribution in [0, 0.1) is 13.8 Å². The highest BCUT2D eigenvalue weighted by molar-refractivity contribution is 6.05. The SMILES string of the molecule is Cc1cc2oc3cc(NC(=O)c4ccccc4)ccc3c(=O)c2cc1C. The zero-order valence-corrected chi connectivity index (χ0v) is 14.5. The molecule has 26 heavy (non-hydrogen) atoms. The van der Waals surface area contributed by atoms with Gasteiger partial charge >= 0.3 is 0 Å². The maximum Gasteiger partial charge on any atom is 0.255 e. The van der Waals surface area contributed by atoms with Crippen LogP contribution in [0.3, 0.4) is 0 Å². The maximum absolute atomic E-state index is 12.8. The molecular formula is C22H17NO3. The summed E-state index contributed by atoms with van der Waals surface area (Å²) < 4.78 is 5.94. The summed E-state index contributed by atoms with van der Waals surface area (Å²) in [6, 6.07) is 17.8. The van der Waals surface area contributed by atoms with E-state index in [2.05, 4.69) is 5.32 Å². The topological polar surface area (TPSA) is 59.3 Å². The van der Waals surface area contributed by atoms with Crippen molar-refractivity contribution in [3.63, 3.8) is 0 Å². The number of nitrogens with one attached hydrogen (secondary N) is 1. The highest BCUT2D eigenvalue weighted by Gasteiger charge is 2.11. The highest BCUT2D eigenvalue weighted by Crippen LogP contribution is 2.24. The van der Waals surface area contributed by atoms with E-state index in [9.17, 15) is 9.59 Å². The number of fused-ring (bicyclic) bond motifs is 2. The van der Waals surface area contributed by atoms with Gasteiger partial charge in [0.25, 0.3) is 5.91 Å². The fourth-order valence-electron chi connectivity index (χ4n) is 2.98. The minimum Gasteiger partial charge on any atom is -0.456 e. The fraction of sp³-hybridized carbons (Fsp3) is 0.0909. The second-order valence-electron chi connectivity index (χ2n) is 6.39. The van der Waals surface area contributed by atoms with Gasteiger partial charge in [-0.1, -0.05) is 18.2 Å². The van der Waals surface area contributed by atoms with Crippen molar-refractivity contribution in [1.82, 2.24) is 0 Å². The summed E-state index contributed by atoms with van der Waals surface area (Å²) in [5.41, 5.74) is 4.21. The molecule has 4 aromatic rings. The predicted molar refractivity (Wildman–Crippen MR) is 104 cm³/mol. The molecule has 0 unspecified atom stereocenters. The molecular weight excluding hydrogens is 326 g/mol. The van der Waals surface area contributed by atoms with Crippen LogP contribution in [-0.2, 0) is 0 Å². The highest BCUT2D eigenvalue weighted by atomic mass is 16.3. The largest absolute Gasteiger partial charge is 0.456 e. The molecule has 4 rings (SSSR count). The first-order valence-electron chi connectivity index (χ1n) is 8.37. The Labute approximate surface area is 150 Å². The molecule has 0 atom stereocenters. The molecule has 0 saturated carbocycles. The zero-order valence-electron chi connectivity index (χ0n) is 14.5. The fourth-order valence-corrected chi connectivity index (χ4v) is 2.98. The first kappa shape index (κ1) is 16.1. The van der Waals surface area contributed by atoms with Gasteiger partial charge in [-0.05, 0) is 61.4 Å². The first-order chi connectivity index (χ1) is 12.5. The Morgan fingerprint density at radius 3 is 2.31 bits per heavy atom. The van der Waals surface area contributed by atoms with Crippen LogP contribution in [-0.4, -0.2) is 5.91 Å². The third-order valence-electron chi connectivity index (χ3n) is 4.58. The number of aryl methyl sites for hydroxylation is 2. The summed E-state index contributed by atoms with van der Waals surface area (Å²) in [4.78, 5) is 25.1. The lowest BCUT2D eigenvalue weighted by Crippen LogP contribution is -2.12. The van der Waals surface area contributed by atoms with Gasteiger partial charge < -0.3 is 9.73 Å². The van der Waals surface area contributed by atoms with Crippen LogP contribution in [0.2, 0.25) is 0 Å². The van der Waals surface area contributed by atoms with Crippen molar-refractivity contribution in [3.05, 3.63) is 87.6 Å². The molecule has 128 valence electrons. The van der Waals surface area contributed by atoms with E-state index in [1.807, 2.05) is 44.2 Å². The molecule has 0 bridgehead atoms. The summed E-state index contributed by atoms with van der Waals surface area (Å²) in [6.07, 6.45) is 0. The lowest BCUT2D eigenvalue weighted by molar-refractivity contribution is 0.102. The van der Waals surface area contributed by atoms with Gasteiger partial charge in [0, 0.05) is 17.3 Å². The number of benzene rings is 3. The van der Waals surface area contributed by atoms with Crippen LogP contribution in [0.25, 0.3) is 21.9 Å². The summed E-state index contributed by atoms with van der Waals surface area (Å²) in [6.45, 7) is 3.95. The number of hydrogen-bond acceptors (Lipinski definition) is 3. The third kappa shape index (κ3) is 2.75. The molecule has 0 radical (unpaired) electrons. The molecule has 0 aliphatic rings. The molecule has 4 nitrogen and oxygen atoms in total. The lowest BCUT2D eigenvalue weighted by atomic mass is 10.1. The quantitative estimate of drug-likeness (QED) is 0.531. The maximum atomic E-state index is 12.8.